The molecule has 6 aromatic rings. The van der Waals surface area contributed by atoms with Crippen molar-refractivity contribution in [1.82, 2.24) is 4.98 Å². The molecule has 5 aromatic carbocycles. The highest BCUT2D eigenvalue weighted by Crippen LogP contribution is 2.54. The molecule has 0 amide bonds. The summed E-state index contributed by atoms with van der Waals surface area (Å²) >= 11 is 0. The molecule has 0 saturated heterocycles. The summed E-state index contributed by atoms with van der Waals surface area (Å²) in [6.45, 7) is 16.1. The predicted molar refractivity (Wildman–Crippen MR) is 292 cm³/mol. The Hall–Kier alpha value is -7.18. The molecule has 8 heteroatoms. The van der Waals surface area contributed by atoms with E-state index in [2.05, 4.69) is 227 Å². The van der Waals surface area contributed by atoms with Crippen molar-refractivity contribution in [3.63, 3.8) is 0 Å². The van der Waals surface area contributed by atoms with Crippen molar-refractivity contribution in [2.24, 2.45) is 10.8 Å². The number of aromatic nitrogens is 1. The van der Waals surface area contributed by atoms with Crippen LogP contribution in [0.25, 0.3) is 0 Å². The quantitative estimate of drug-likeness (QED) is 0.160. The van der Waals surface area contributed by atoms with Gasteiger partial charge in [0, 0.05) is 57.6 Å². The molecular formula is C62H58B2N4O2. The Morgan fingerprint density at radius 1 is 0.657 bits per heavy atom. The van der Waals surface area contributed by atoms with Crippen LogP contribution in [0.4, 0.5) is 34.1 Å². The van der Waals surface area contributed by atoms with Gasteiger partial charge in [-0.3, -0.25) is 0 Å². The Bertz CT molecular complexity index is 3370. The van der Waals surface area contributed by atoms with Crippen molar-refractivity contribution in [2.45, 2.75) is 86.0 Å². The summed E-state index contributed by atoms with van der Waals surface area (Å²) in [5.74, 6) is 3.11. The Morgan fingerprint density at radius 3 is 2.14 bits per heavy atom. The Labute approximate surface area is 414 Å². The Balaban J connectivity index is 1.05. The molecule has 1 aromatic heterocycles. The van der Waals surface area contributed by atoms with Crippen molar-refractivity contribution >= 4 is 74.9 Å². The highest BCUT2D eigenvalue weighted by molar-refractivity contribution is 7.00. The number of pyridine rings is 1. The van der Waals surface area contributed by atoms with Crippen molar-refractivity contribution in [3.05, 3.63) is 198 Å². The number of anilines is 6. The number of hydrogen-bond acceptors (Lipinski definition) is 6. The van der Waals surface area contributed by atoms with E-state index in [1.165, 1.54) is 55.9 Å². The molecule has 0 N–H and O–H groups in total. The molecule has 0 bridgehead atoms. The lowest BCUT2D eigenvalue weighted by molar-refractivity contribution is 0.145. The summed E-state index contributed by atoms with van der Waals surface area (Å²) < 4.78 is 14.5. The highest BCUT2D eigenvalue weighted by Gasteiger charge is 2.52. The number of fused-ring (bicyclic) bond motifs is 8. The third kappa shape index (κ3) is 6.58. The van der Waals surface area contributed by atoms with E-state index in [9.17, 15) is 0 Å². The minimum Gasteiger partial charge on any atom is -0.444 e. The molecule has 0 fully saturated rings. The van der Waals surface area contributed by atoms with Gasteiger partial charge in [-0.2, -0.15) is 4.98 Å². The van der Waals surface area contributed by atoms with E-state index >= 15 is 0 Å². The molecule has 7 aliphatic rings. The summed E-state index contributed by atoms with van der Waals surface area (Å²) in [6.07, 6.45) is 21.1. The topological polar surface area (TPSA) is 41.1 Å². The van der Waals surface area contributed by atoms with Crippen LogP contribution >= 0.6 is 0 Å². The maximum absolute atomic E-state index is 7.29. The normalized spacial score (nSPS) is 19.3. The fourth-order valence-electron chi connectivity index (χ4n) is 12.0. The van der Waals surface area contributed by atoms with Gasteiger partial charge >= 0.3 is 0 Å². The third-order valence-electron chi connectivity index (χ3n) is 16.2. The van der Waals surface area contributed by atoms with Gasteiger partial charge in [0.2, 0.25) is 11.8 Å². The van der Waals surface area contributed by atoms with Gasteiger partial charge in [0.25, 0.3) is 13.4 Å². The first-order valence-corrected chi connectivity index (χ1v) is 25.4. The Morgan fingerprint density at radius 2 is 1.40 bits per heavy atom. The maximum Gasteiger partial charge on any atom is 0.258 e. The van der Waals surface area contributed by atoms with Crippen LogP contribution in [0.5, 0.6) is 17.5 Å². The van der Waals surface area contributed by atoms with Crippen molar-refractivity contribution in [3.8, 4) is 17.5 Å². The van der Waals surface area contributed by atoms with Gasteiger partial charge < -0.3 is 24.2 Å². The minimum atomic E-state index is -0.203. The maximum atomic E-state index is 7.29. The van der Waals surface area contributed by atoms with Crippen molar-refractivity contribution < 1.29 is 9.47 Å². The zero-order valence-electron chi connectivity index (χ0n) is 41.4. The summed E-state index contributed by atoms with van der Waals surface area (Å²) in [7, 11) is 0. The molecule has 13 rings (SSSR count). The van der Waals surface area contributed by atoms with E-state index in [1.807, 2.05) is 0 Å². The largest absolute Gasteiger partial charge is 0.444 e. The highest BCUT2D eigenvalue weighted by atomic mass is 16.5. The van der Waals surface area contributed by atoms with E-state index in [0.29, 0.717) is 11.8 Å². The van der Waals surface area contributed by atoms with Gasteiger partial charge in [-0.25, -0.2) is 0 Å². The number of allylic oxidation sites excluding steroid dienone is 10. The second-order valence-corrected chi connectivity index (χ2v) is 22.4. The number of benzene rings is 5. The molecule has 70 heavy (non-hydrogen) atoms. The van der Waals surface area contributed by atoms with Crippen LogP contribution in [0.1, 0.15) is 86.1 Å². The second kappa shape index (κ2) is 15.7. The van der Waals surface area contributed by atoms with Gasteiger partial charge in [-0.05, 0) is 147 Å². The number of ether oxygens (including phenoxy) is 2. The zero-order chi connectivity index (χ0) is 47.7. The molecule has 0 saturated carbocycles. The van der Waals surface area contributed by atoms with E-state index in [1.54, 1.807) is 0 Å². The first-order valence-electron chi connectivity index (χ1n) is 25.4. The van der Waals surface area contributed by atoms with Gasteiger partial charge in [0.1, 0.15) is 11.5 Å². The Kier molecular flexibility index (Phi) is 9.60. The summed E-state index contributed by atoms with van der Waals surface area (Å²) in [5.41, 5.74) is 18.4. The van der Waals surface area contributed by atoms with E-state index in [4.69, 9.17) is 14.5 Å². The number of rotatable bonds is 5. The van der Waals surface area contributed by atoms with Crippen molar-refractivity contribution in [2.75, 3.05) is 14.7 Å². The van der Waals surface area contributed by atoms with E-state index < -0.39 is 0 Å². The summed E-state index contributed by atoms with van der Waals surface area (Å²) in [4.78, 5) is 13.0. The van der Waals surface area contributed by atoms with Gasteiger partial charge in [0.15, 0.2) is 0 Å². The molecule has 5 heterocycles. The molecule has 0 radical (unpaired) electrons. The number of para-hydroxylation sites is 3. The van der Waals surface area contributed by atoms with Gasteiger partial charge in [0.05, 0.1) is 0 Å². The second-order valence-electron chi connectivity index (χ2n) is 22.4. The minimum absolute atomic E-state index is 0.0519. The zero-order valence-corrected chi connectivity index (χ0v) is 41.4. The lowest BCUT2D eigenvalue weighted by Gasteiger charge is -2.50. The summed E-state index contributed by atoms with van der Waals surface area (Å²) in [5, 5.41) is 0. The molecule has 0 spiro atoms. The van der Waals surface area contributed by atoms with Crippen molar-refractivity contribution in [1.29, 1.82) is 0 Å². The van der Waals surface area contributed by atoms with E-state index in [-0.39, 0.29) is 29.7 Å². The molecule has 1 unspecified atom stereocenters. The van der Waals surface area contributed by atoms with Gasteiger partial charge in [-0.15, -0.1) is 0 Å². The van der Waals surface area contributed by atoms with Crippen LogP contribution in [-0.2, 0) is 5.41 Å². The summed E-state index contributed by atoms with van der Waals surface area (Å²) in [6, 6.07) is 45.0. The smallest absolute Gasteiger partial charge is 0.258 e. The van der Waals surface area contributed by atoms with Crippen LogP contribution < -0.4 is 51.5 Å². The molecular weight excluding hydrogens is 854 g/mol. The standard InChI is InChI=1S/C62H58B2N4O2/c1-60(2,3)40-34-52-56-54(35-40)69-58-48(64(56)47-33-32-45(36-51(47)68(52)44-28-18-11-19-29-44)66(41-22-12-8-13-23-41)42-24-14-9-15-25-42)37-49-59(65-58)70-55-39-62(7,61(4,5)6)38-53-57(55)63(49)46-30-20-21-31-50(46)67(53)43-26-16-10-17-27-43/h8-10,12-14,16-18,20-24,26-38H,11,15,19,25,39H2,1-7H3. The fourth-order valence-corrected chi connectivity index (χ4v) is 12.0. The van der Waals surface area contributed by atoms with Gasteiger partial charge in [-0.1, -0.05) is 146 Å². The van der Waals surface area contributed by atoms with Crippen LogP contribution in [0.2, 0.25) is 0 Å². The van der Waals surface area contributed by atoms with E-state index in [0.717, 1.165) is 77.3 Å². The molecule has 344 valence electrons. The number of hydrogen-bond donors (Lipinski definition) is 0. The monoisotopic (exact) mass is 912 g/mol. The predicted octanol–water partition coefficient (Wildman–Crippen LogP) is 12.3. The first kappa shape index (κ1) is 42.9. The van der Waals surface area contributed by atoms with Crippen LogP contribution in [0.3, 0.4) is 0 Å². The molecule has 6 nitrogen and oxygen atoms in total. The first-order chi connectivity index (χ1) is 33.8. The molecule has 4 aliphatic heterocycles. The lowest BCUT2D eigenvalue weighted by atomic mass is 9.30. The lowest BCUT2D eigenvalue weighted by Crippen LogP contribution is -2.62. The average molecular weight is 913 g/mol. The van der Waals surface area contributed by atoms with Crippen LogP contribution in [-0.4, -0.2) is 18.4 Å². The van der Waals surface area contributed by atoms with Crippen LogP contribution in [0, 0.1) is 10.8 Å². The average Bonchev–Trinajstić information content (AvgIpc) is 3.36. The number of nitrogens with zero attached hydrogens (tertiary/aromatic N) is 4. The molecule has 3 aliphatic carbocycles. The fraction of sp³-hybridized carbons (Fsp3) is 0.242. The third-order valence-corrected chi connectivity index (χ3v) is 16.2. The SMILES string of the molecule is CC(C)(C)c1cc2c3c(c1)N(C1=CCCC=C1)c1cc(N(C4=CC=CCC4)c4ccccc4)ccc1B3c1cc3c(nc1O2)OC1=C2B3c3ccccc3N(c3ccccc3)C2=CC(C)(C(C)(C)C)C1. The van der Waals surface area contributed by atoms with Crippen LogP contribution in [0.15, 0.2) is 192 Å². The molecule has 1 atom stereocenters.